The summed E-state index contributed by atoms with van der Waals surface area (Å²) in [4.78, 5) is 49.0. The van der Waals surface area contributed by atoms with Gasteiger partial charge in [-0.2, -0.15) is 0 Å². The van der Waals surface area contributed by atoms with E-state index in [4.69, 9.17) is 4.74 Å². The highest BCUT2D eigenvalue weighted by Gasteiger charge is 2.41. The highest BCUT2D eigenvalue weighted by Crippen LogP contribution is 2.32. The Morgan fingerprint density at radius 1 is 0.964 bits per heavy atom. The van der Waals surface area contributed by atoms with Gasteiger partial charge in [0.1, 0.15) is 11.7 Å². The van der Waals surface area contributed by atoms with E-state index >= 15 is 0 Å². The molecule has 0 saturated carbocycles. The number of Topliss-reactive ketones (excluding diaryl/α,β-unsaturated/α-hetero) is 1. The lowest BCUT2D eigenvalue weighted by Crippen LogP contribution is -2.57. The summed E-state index contributed by atoms with van der Waals surface area (Å²) in [6, 6.07) is 13.1. The van der Waals surface area contributed by atoms with Gasteiger partial charge in [-0.15, -0.1) is 0 Å². The van der Waals surface area contributed by atoms with Crippen molar-refractivity contribution in [2.75, 3.05) is 7.11 Å². The Hall–Kier alpha value is -3.48. The molecule has 28 heavy (non-hydrogen) atoms. The number of carbonyl (C=O) groups excluding carboxylic acids is 4. The molecule has 1 saturated heterocycles. The average Bonchev–Trinajstić information content (AvgIpc) is 2.67. The van der Waals surface area contributed by atoms with Crippen LogP contribution >= 0.6 is 0 Å². The quantitative estimate of drug-likeness (QED) is 0.592. The number of urea groups is 1. The van der Waals surface area contributed by atoms with E-state index in [-0.39, 0.29) is 12.2 Å². The van der Waals surface area contributed by atoms with Gasteiger partial charge in [-0.1, -0.05) is 29.8 Å². The predicted octanol–water partition coefficient (Wildman–Crippen LogP) is 2.34. The van der Waals surface area contributed by atoms with Crippen LogP contribution in [0.4, 0.5) is 4.79 Å². The first kappa shape index (κ1) is 19.3. The summed E-state index contributed by atoms with van der Waals surface area (Å²) in [7, 11) is 1.53. The van der Waals surface area contributed by atoms with Crippen molar-refractivity contribution >= 4 is 23.6 Å². The van der Waals surface area contributed by atoms with Crippen molar-refractivity contribution in [3.05, 3.63) is 65.2 Å². The minimum Gasteiger partial charge on any atom is -0.497 e. The third kappa shape index (κ3) is 4.09. The number of methoxy groups -OCH3 is 1. The van der Waals surface area contributed by atoms with Crippen molar-refractivity contribution in [1.29, 1.82) is 0 Å². The average molecular weight is 380 g/mol. The summed E-state index contributed by atoms with van der Waals surface area (Å²) in [5, 5.41) is 4.22. The third-order valence-electron chi connectivity index (χ3n) is 4.76. The minimum absolute atomic E-state index is 0.0604. The van der Waals surface area contributed by atoms with E-state index in [1.807, 2.05) is 19.1 Å². The summed E-state index contributed by atoms with van der Waals surface area (Å²) in [6.07, 6.45) is -0.0604. The third-order valence-corrected chi connectivity index (χ3v) is 4.76. The molecule has 1 aliphatic rings. The number of rotatable bonds is 6. The van der Waals surface area contributed by atoms with Crippen LogP contribution < -0.4 is 15.4 Å². The first-order valence-corrected chi connectivity index (χ1v) is 8.78. The molecular weight excluding hydrogens is 360 g/mol. The Bertz CT molecular complexity index is 899. The summed E-state index contributed by atoms with van der Waals surface area (Å²) in [6.45, 7) is 1.92. The van der Waals surface area contributed by atoms with Crippen LogP contribution in [0.25, 0.3) is 0 Å². The lowest BCUT2D eigenvalue weighted by Gasteiger charge is -2.28. The molecule has 7 nitrogen and oxygen atoms in total. The first-order valence-electron chi connectivity index (χ1n) is 8.78. The Morgan fingerprint density at radius 2 is 1.54 bits per heavy atom. The van der Waals surface area contributed by atoms with E-state index < -0.39 is 29.7 Å². The molecule has 1 atom stereocenters. The second kappa shape index (κ2) is 8.04. The van der Waals surface area contributed by atoms with Gasteiger partial charge in [0.05, 0.1) is 7.11 Å². The van der Waals surface area contributed by atoms with Crippen molar-refractivity contribution in [3.63, 3.8) is 0 Å². The maximum Gasteiger partial charge on any atom is 0.328 e. The molecule has 0 radical (unpaired) electrons. The van der Waals surface area contributed by atoms with Gasteiger partial charge < -0.3 is 4.74 Å². The molecule has 0 aromatic heterocycles. The van der Waals surface area contributed by atoms with Crippen LogP contribution in [0.15, 0.2) is 48.5 Å². The fourth-order valence-electron chi connectivity index (χ4n) is 3.23. The number of aryl methyl sites for hydroxylation is 1. The number of nitrogens with one attached hydrogen (secondary N) is 2. The topological polar surface area (TPSA) is 102 Å². The summed E-state index contributed by atoms with van der Waals surface area (Å²) >= 11 is 0. The number of hydrogen-bond acceptors (Lipinski definition) is 5. The zero-order chi connectivity index (χ0) is 20.3. The lowest BCUT2D eigenvalue weighted by atomic mass is 9.79. The SMILES string of the molecule is COc1ccc(C(=O)CC(c2ccc(C)cc2)C2C(=O)NC(=O)NC2=O)cc1. The zero-order valence-electron chi connectivity index (χ0n) is 15.5. The van der Waals surface area contributed by atoms with E-state index in [1.54, 1.807) is 36.4 Å². The van der Waals surface area contributed by atoms with Gasteiger partial charge in [0.2, 0.25) is 11.8 Å². The number of ketones is 1. The number of benzene rings is 2. The van der Waals surface area contributed by atoms with E-state index in [0.717, 1.165) is 5.56 Å². The zero-order valence-corrected chi connectivity index (χ0v) is 15.5. The Labute approximate surface area is 162 Å². The van der Waals surface area contributed by atoms with Crippen molar-refractivity contribution < 1.29 is 23.9 Å². The van der Waals surface area contributed by atoms with Crippen molar-refractivity contribution in [3.8, 4) is 5.75 Å². The van der Waals surface area contributed by atoms with Crippen LogP contribution in [-0.4, -0.2) is 30.7 Å². The Morgan fingerprint density at radius 3 is 2.07 bits per heavy atom. The maximum absolute atomic E-state index is 12.8. The summed E-state index contributed by atoms with van der Waals surface area (Å²) in [5.74, 6) is -2.89. The van der Waals surface area contributed by atoms with Gasteiger partial charge >= 0.3 is 6.03 Å². The number of carbonyl (C=O) groups is 4. The molecular formula is C21H20N2O5. The largest absolute Gasteiger partial charge is 0.497 e. The molecule has 1 aliphatic heterocycles. The van der Waals surface area contributed by atoms with Gasteiger partial charge in [-0.25, -0.2) is 4.79 Å². The first-order chi connectivity index (χ1) is 13.4. The van der Waals surface area contributed by atoms with E-state index in [9.17, 15) is 19.2 Å². The van der Waals surface area contributed by atoms with Gasteiger partial charge in [0.15, 0.2) is 5.78 Å². The highest BCUT2D eigenvalue weighted by atomic mass is 16.5. The molecule has 1 unspecified atom stereocenters. The number of amides is 4. The van der Waals surface area contributed by atoms with Crippen LogP contribution in [0.2, 0.25) is 0 Å². The van der Waals surface area contributed by atoms with Crippen molar-refractivity contribution in [2.24, 2.45) is 5.92 Å². The lowest BCUT2D eigenvalue weighted by molar-refractivity contribution is -0.136. The van der Waals surface area contributed by atoms with Gasteiger partial charge in [0, 0.05) is 17.9 Å². The maximum atomic E-state index is 12.8. The van der Waals surface area contributed by atoms with E-state index in [0.29, 0.717) is 16.9 Å². The van der Waals surface area contributed by atoms with Crippen LogP contribution in [0.3, 0.4) is 0 Å². The number of imide groups is 2. The van der Waals surface area contributed by atoms with Crippen LogP contribution in [0.5, 0.6) is 5.75 Å². The second-order valence-corrected chi connectivity index (χ2v) is 6.66. The standard InChI is InChI=1S/C21H20N2O5/c1-12-3-5-13(6-4-12)16(18-19(25)22-21(27)23-20(18)26)11-17(24)14-7-9-15(28-2)10-8-14/h3-10,16,18H,11H2,1-2H3,(H2,22,23,25,26,27). The fraction of sp³-hybridized carbons (Fsp3) is 0.238. The number of barbiturate groups is 1. The normalized spacial score (nSPS) is 15.6. The monoisotopic (exact) mass is 380 g/mol. The molecule has 0 aliphatic carbocycles. The molecule has 1 heterocycles. The summed E-state index contributed by atoms with van der Waals surface area (Å²) < 4.78 is 5.09. The minimum atomic E-state index is -1.18. The molecule has 7 heteroatoms. The molecule has 2 aromatic carbocycles. The van der Waals surface area contributed by atoms with Crippen LogP contribution in [-0.2, 0) is 9.59 Å². The Balaban J connectivity index is 1.92. The van der Waals surface area contributed by atoms with Crippen LogP contribution in [0.1, 0.15) is 33.8 Å². The fourth-order valence-corrected chi connectivity index (χ4v) is 3.23. The number of ether oxygens (including phenoxy) is 1. The van der Waals surface area contributed by atoms with Crippen molar-refractivity contribution in [2.45, 2.75) is 19.3 Å². The molecule has 4 amide bonds. The predicted molar refractivity (Wildman–Crippen MR) is 101 cm³/mol. The molecule has 1 fully saturated rings. The van der Waals surface area contributed by atoms with E-state index in [1.165, 1.54) is 7.11 Å². The molecule has 0 spiro atoms. The molecule has 144 valence electrons. The second-order valence-electron chi connectivity index (χ2n) is 6.66. The van der Waals surface area contributed by atoms with Gasteiger partial charge in [-0.05, 0) is 36.8 Å². The van der Waals surface area contributed by atoms with Crippen LogP contribution in [0, 0.1) is 12.8 Å². The molecule has 3 rings (SSSR count). The van der Waals surface area contributed by atoms with Gasteiger partial charge in [0.25, 0.3) is 0 Å². The highest BCUT2D eigenvalue weighted by molar-refractivity contribution is 6.17. The van der Waals surface area contributed by atoms with Crippen molar-refractivity contribution in [1.82, 2.24) is 10.6 Å². The van der Waals surface area contributed by atoms with Gasteiger partial charge in [-0.3, -0.25) is 25.0 Å². The Kier molecular flexibility index (Phi) is 5.54. The molecule has 2 aromatic rings. The summed E-state index contributed by atoms with van der Waals surface area (Å²) in [5.41, 5.74) is 2.14. The van der Waals surface area contributed by atoms with E-state index in [2.05, 4.69) is 10.6 Å². The molecule has 2 N–H and O–H groups in total. The number of hydrogen-bond donors (Lipinski definition) is 2. The molecule has 0 bridgehead atoms. The smallest absolute Gasteiger partial charge is 0.328 e.